The van der Waals surface area contributed by atoms with Gasteiger partial charge in [0, 0.05) is 25.9 Å². The Hall–Kier alpha value is -0.650. The van der Waals surface area contributed by atoms with Crippen molar-refractivity contribution in [3.05, 3.63) is 0 Å². The molecule has 1 rings (SSSR count). The minimum absolute atomic E-state index is 0.0363. The summed E-state index contributed by atoms with van der Waals surface area (Å²) in [6, 6.07) is -0.0363. The first-order chi connectivity index (χ1) is 7.08. The number of carbonyl (C=O) groups excluding carboxylic acids is 1. The molecule has 1 saturated heterocycles. The van der Waals surface area contributed by atoms with Crippen LogP contribution in [-0.4, -0.2) is 42.4 Å². The number of ether oxygens (including phenoxy) is 1. The van der Waals surface area contributed by atoms with Gasteiger partial charge in [0.1, 0.15) is 0 Å². The molecule has 1 unspecified atom stereocenters. The van der Waals surface area contributed by atoms with E-state index in [1.54, 1.807) is 0 Å². The Morgan fingerprint density at radius 3 is 2.73 bits per heavy atom. The molecule has 1 fully saturated rings. The van der Waals surface area contributed by atoms with Crippen molar-refractivity contribution in [1.29, 1.82) is 0 Å². The largest absolute Gasteiger partial charge is 0.396 e. The molecule has 5 nitrogen and oxygen atoms in total. The zero-order chi connectivity index (χ0) is 11.3. The Morgan fingerprint density at radius 2 is 2.20 bits per heavy atom. The normalized spacial score (nSPS) is 22.1. The molecule has 0 aromatic heterocycles. The predicted octanol–water partition coefficient (Wildman–Crippen LogP) is -0.619. The molecule has 0 aromatic carbocycles. The first-order valence-corrected chi connectivity index (χ1v) is 5.37. The van der Waals surface area contributed by atoms with Crippen LogP contribution in [0, 0.1) is 0 Å². The third-order valence-electron chi connectivity index (χ3n) is 2.78. The summed E-state index contributed by atoms with van der Waals surface area (Å²) in [5.41, 5.74) is 5.20. The quantitative estimate of drug-likeness (QED) is 0.585. The van der Waals surface area contributed by atoms with E-state index in [-0.39, 0.29) is 18.6 Å². The second-order valence-corrected chi connectivity index (χ2v) is 4.16. The maximum atomic E-state index is 11.8. The van der Waals surface area contributed by atoms with Crippen molar-refractivity contribution in [3.63, 3.8) is 0 Å². The number of aliphatic hydroxyl groups is 1. The zero-order valence-electron chi connectivity index (χ0n) is 9.16. The summed E-state index contributed by atoms with van der Waals surface area (Å²) < 4.78 is 5.17. The first kappa shape index (κ1) is 12.4. The van der Waals surface area contributed by atoms with Crippen LogP contribution in [0.25, 0.3) is 0 Å². The minimum atomic E-state index is -0.790. The lowest BCUT2D eigenvalue weighted by molar-refractivity contribution is -0.130. The number of nitrogens with two attached hydrogens (primary N) is 1. The van der Waals surface area contributed by atoms with Crippen LogP contribution in [0.4, 0.5) is 0 Å². The fraction of sp³-hybridized carbons (Fsp3) is 0.900. The Morgan fingerprint density at radius 1 is 1.60 bits per heavy atom. The van der Waals surface area contributed by atoms with E-state index in [0.717, 1.165) is 0 Å². The average Bonchev–Trinajstić information content (AvgIpc) is 2.19. The molecule has 0 spiro atoms. The van der Waals surface area contributed by atoms with Crippen molar-refractivity contribution in [2.75, 3.05) is 19.8 Å². The number of hydrogen-bond acceptors (Lipinski definition) is 4. The number of rotatable bonds is 4. The number of hydrogen-bond donors (Lipinski definition) is 3. The van der Waals surface area contributed by atoms with E-state index in [1.165, 1.54) is 0 Å². The molecule has 0 saturated carbocycles. The molecule has 1 aliphatic heterocycles. The Labute approximate surface area is 90.0 Å². The topological polar surface area (TPSA) is 84.6 Å². The summed E-state index contributed by atoms with van der Waals surface area (Å²) in [7, 11) is 0. The Bertz CT molecular complexity index is 215. The second-order valence-electron chi connectivity index (χ2n) is 4.16. The molecule has 1 amide bonds. The average molecular weight is 216 g/mol. The van der Waals surface area contributed by atoms with Gasteiger partial charge in [0.05, 0.1) is 5.54 Å². The molecular formula is C10H20N2O3. The van der Waals surface area contributed by atoms with Crippen molar-refractivity contribution in [2.24, 2.45) is 5.73 Å². The van der Waals surface area contributed by atoms with Crippen LogP contribution >= 0.6 is 0 Å². The SMILES string of the molecule is CC(CCO)NC(=O)C1(N)CCOCC1. The fourth-order valence-corrected chi connectivity index (χ4v) is 1.60. The van der Waals surface area contributed by atoms with Crippen LogP contribution in [0.2, 0.25) is 0 Å². The second kappa shape index (κ2) is 5.44. The number of amides is 1. The molecule has 0 aromatic rings. The molecule has 15 heavy (non-hydrogen) atoms. The zero-order valence-corrected chi connectivity index (χ0v) is 9.16. The van der Waals surface area contributed by atoms with Crippen LogP contribution in [0.15, 0.2) is 0 Å². The van der Waals surface area contributed by atoms with E-state index in [2.05, 4.69) is 5.32 Å². The first-order valence-electron chi connectivity index (χ1n) is 5.37. The van der Waals surface area contributed by atoms with Crippen LogP contribution in [0.3, 0.4) is 0 Å². The van der Waals surface area contributed by atoms with Gasteiger partial charge >= 0.3 is 0 Å². The van der Waals surface area contributed by atoms with Gasteiger partial charge < -0.3 is 20.9 Å². The highest BCUT2D eigenvalue weighted by atomic mass is 16.5. The van der Waals surface area contributed by atoms with Gasteiger partial charge in [0.2, 0.25) is 5.91 Å². The van der Waals surface area contributed by atoms with E-state index in [9.17, 15) is 4.79 Å². The van der Waals surface area contributed by atoms with Gasteiger partial charge in [0.25, 0.3) is 0 Å². The highest BCUT2D eigenvalue weighted by Gasteiger charge is 2.36. The lowest BCUT2D eigenvalue weighted by atomic mass is 9.90. The van der Waals surface area contributed by atoms with Crippen molar-refractivity contribution < 1.29 is 14.6 Å². The lowest BCUT2D eigenvalue weighted by Crippen LogP contribution is -2.58. The van der Waals surface area contributed by atoms with Gasteiger partial charge in [0.15, 0.2) is 0 Å². The minimum Gasteiger partial charge on any atom is -0.396 e. The molecule has 4 N–H and O–H groups in total. The maximum absolute atomic E-state index is 11.8. The molecule has 88 valence electrons. The maximum Gasteiger partial charge on any atom is 0.240 e. The lowest BCUT2D eigenvalue weighted by Gasteiger charge is -2.32. The van der Waals surface area contributed by atoms with Crippen molar-refractivity contribution in [2.45, 2.75) is 37.8 Å². The highest BCUT2D eigenvalue weighted by Crippen LogP contribution is 2.17. The fourth-order valence-electron chi connectivity index (χ4n) is 1.60. The van der Waals surface area contributed by atoms with Gasteiger partial charge in [-0.15, -0.1) is 0 Å². The van der Waals surface area contributed by atoms with Gasteiger partial charge in [-0.25, -0.2) is 0 Å². The number of carbonyl (C=O) groups is 1. The Balaban J connectivity index is 2.44. The van der Waals surface area contributed by atoms with E-state index < -0.39 is 5.54 Å². The van der Waals surface area contributed by atoms with Crippen LogP contribution < -0.4 is 11.1 Å². The summed E-state index contributed by atoms with van der Waals surface area (Å²) >= 11 is 0. The summed E-state index contributed by atoms with van der Waals surface area (Å²) in [6.45, 7) is 3.01. The molecule has 1 heterocycles. The highest BCUT2D eigenvalue weighted by molar-refractivity contribution is 5.86. The van der Waals surface area contributed by atoms with E-state index in [1.807, 2.05) is 6.92 Å². The molecular weight excluding hydrogens is 196 g/mol. The third kappa shape index (κ3) is 3.44. The van der Waals surface area contributed by atoms with Crippen LogP contribution in [0.5, 0.6) is 0 Å². The molecule has 1 atom stereocenters. The van der Waals surface area contributed by atoms with Gasteiger partial charge in [-0.2, -0.15) is 0 Å². The van der Waals surface area contributed by atoms with Gasteiger partial charge in [-0.05, 0) is 26.2 Å². The molecule has 1 aliphatic rings. The van der Waals surface area contributed by atoms with E-state index in [4.69, 9.17) is 15.6 Å². The van der Waals surface area contributed by atoms with Crippen molar-refractivity contribution in [1.82, 2.24) is 5.32 Å². The van der Waals surface area contributed by atoms with E-state index in [0.29, 0.717) is 32.5 Å². The number of nitrogens with one attached hydrogen (secondary N) is 1. The summed E-state index contributed by atoms with van der Waals surface area (Å²) in [6.07, 6.45) is 1.67. The number of aliphatic hydroxyl groups excluding tert-OH is 1. The molecule has 0 bridgehead atoms. The summed E-state index contributed by atoms with van der Waals surface area (Å²) in [4.78, 5) is 11.8. The summed E-state index contributed by atoms with van der Waals surface area (Å²) in [5, 5.41) is 11.5. The van der Waals surface area contributed by atoms with E-state index >= 15 is 0 Å². The van der Waals surface area contributed by atoms with Crippen molar-refractivity contribution in [3.8, 4) is 0 Å². The van der Waals surface area contributed by atoms with Crippen molar-refractivity contribution >= 4 is 5.91 Å². The summed E-state index contributed by atoms with van der Waals surface area (Å²) in [5.74, 6) is -0.133. The third-order valence-corrected chi connectivity index (χ3v) is 2.78. The van der Waals surface area contributed by atoms with Crippen LogP contribution in [0.1, 0.15) is 26.2 Å². The van der Waals surface area contributed by atoms with Gasteiger partial charge in [-0.1, -0.05) is 0 Å². The predicted molar refractivity (Wildman–Crippen MR) is 56.3 cm³/mol. The monoisotopic (exact) mass is 216 g/mol. The van der Waals surface area contributed by atoms with Gasteiger partial charge in [-0.3, -0.25) is 4.79 Å². The van der Waals surface area contributed by atoms with Crippen LogP contribution in [-0.2, 0) is 9.53 Å². The molecule has 5 heteroatoms. The molecule has 0 radical (unpaired) electrons. The standard InChI is InChI=1S/C10H20N2O3/c1-8(2-5-13)12-9(14)10(11)3-6-15-7-4-10/h8,13H,2-7,11H2,1H3,(H,12,14). The molecule has 0 aliphatic carbocycles. The Kier molecular flexibility index (Phi) is 4.50. The smallest absolute Gasteiger partial charge is 0.240 e.